The first-order valence-corrected chi connectivity index (χ1v) is 11.6. The largest absolute Gasteiger partial charge is 0.352 e. The van der Waals surface area contributed by atoms with Gasteiger partial charge in [-0.25, -0.2) is 12.7 Å². The summed E-state index contributed by atoms with van der Waals surface area (Å²) >= 11 is 6.09. The van der Waals surface area contributed by atoms with Crippen LogP contribution in [-0.4, -0.2) is 38.3 Å². The fourth-order valence-corrected chi connectivity index (χ4v) is 5.59. The molecule has 1 fully saturated rings. The number of hydrogen-bond acceptors (Lipinski definition) is 3. The minimum Gasteiger partial charge on any atom is -0.352 e. The van der Waals surface area contributed by atoms with Crippen LogP contribution in [0.3, 0.4) is 0 Å². The smallest absolute Gasteiger partial charge is 0.223 e. The number of halogens is 1. The zero-order chi connectivity index (χ0) is 19.3. The van der Waals surface area contributed by atoms with E-state index in [-0.39, 0.29) is 17.6 Å². The van der Waals surface area contributed by atoms with Crippen molar-refractivity contribution < 1.29 is 13.2 Å². The molecule has 1 amide bonds. The summed E-state index contributed by atoms with van der Waals surface area (Å²) < 4.78 is 26.8. The van der Waals surface area contributed by atoms with Gasteiger partial charge in [-0.05, 0) is 50.2 Å². The second kappa shape index (κ2) is 9.22. The lowest BCUT2D eigenvalue weighted by Gasteiger charge is -2.30. The molecule has 148 valence electrons. The molecule has 3 rings (SSSR count). The third-order valence-corrected chi connectivity index (χ3v) is 7.59. The van der Waals surface area contributed by atoms with Gasteiger partial charge in [0.1, 0.15) is 0 Å². The van der Waals surface area contributed by atoms with E-state index >= 15 is 0 Å². The van der Waals surface area contributed by atoms with E-state index < -0.39 is 10.0 Å². The minimum atomic E-state index is -3.43. The molecule has 7 heteroatoms. The topological polar surface area (TPSA) is 66.5 Å². The average Bonchev–Trinajstić information content (AvgIpc) is 2.69. The van der Waals surface area contributed by atoms with Gasteiger partial charge in [0.25, 0.3) is 0 Å². The summed E-state index contributed by atoms with van der Waals surface area (Å²) in [7, 11) is -3.43. The van der Waals surface area contributed by atoms with Crippen molar-refractivity contribution in [3.8, 4) is 0 Å². The Balaban J connectivity index is 1.49. The van der Waals surface area contributed by atoms with Crippen molar-refractivity contribution >= 4 is 27.5 Å². The lowest BCUT2D eigenvalue weighted by Crippen LogP contribution is -2.43. The van der Waals surface area contributed by atoms with Crippen LogP contribution in [0.1, 0.15) is 44.1 Å². The molecule has 5 nitrogen and oxygen atoms in total. The highest BCUT2D eigenvalue weighted by atomic mass is 35.5. The monoisotopic (exact) mass is 410 g/mol. The van der Waals surface area contributed by atoms with E-state index in [0.29, 0.717) is 43.1 Å². The minimum absolute atomic E-state index is 0.0459. The summed E-state index contributed by atoms with van der Waals surface area (Å²) in [5, 5.41) is 3.50. The van der Waals surface area contributed by atoms with Crippen LogP contribution in [0.25, 0.3) is 0 Å². The molecule has 0 aromatic heterocycles. The van der Waals surface area contributed by atoms with Crippen LogP contribution in [0.4, 0.5) is 0 Å². The highest BCUT2D eigenvalue weighted by molar-refractivity contribution is 7.88. The normalized spacial score (nSPS) is 19.5. The van der Waals surface area contributed by atoms with Crippen LogP contribution in [0.5, 0.6) is 0 Å². The lowest BCUT2D eigenvalue weighted by atomic mass is 9.96. The highest BCUT2D eigenvalue weighted by Crippen LogP contribution is 2.24. The van der Waals surface area contributed by atoms with E-state index in [1.165, 1.54) is 22.7 Å². The molecule has 0 unspecified atom stereocenters. The molecule has 1 saturated heterocycles. The van der Waals surface area contributed by atoms with Gasteiger partial charge in [0.2, 0.25) is 15.9 Å². The van der Waals surface area contributed by atoms with E-state index in [0.717, 1.165) is 12.8 Å². The second-order valence-electron chi connectivity index (χ2n) is 7.35. The van der Waals surface area contributed by atoms with Gasteiger partial charge in [-0.15, -0.1) is 0 Å². The van der Waals surface area contributed by atoms with Crippen molar-refractivity contribution in [3.63, 3.8) is 0 Å². The molecular weight excluding hydrogens is 384 g/mol. The molecule has 27 heavy (non-hydrogen) atoms. The Bertz CT molecular complexity index is 799. The fraction of sp³-hybridized carbons (Fsp3) is 0.550. The van der Waals surface area contributed by atoms with Crippen molar-refractivity contribution in [1.29, 1.82) is 0 Å². The Kier molecular flexibility index (Phi) is 6.95. The van der Waals surface area contributed by atoms with E-state index in [9.17, 15) is 13.2 Å². The van der Waals surface area contributed by atoms with Crippen molar-refractivity contribution in [1.82, 2.24) is 9.62 Å². The highest BCUT2D eigenvalue weighted by Gasteiger charge is 2.31. The summed E-state index contributed by atoms with van der Waals surface area (Å²) in [6.07, 6.45) is 7.96. The van der Waals surface area contributed by atoms with Crippen molar-refractivity contribution in [3.05, 3.63) is 46.5 Å². The number of carbonyl (C=O) groups is 1. The molecule has 1 aromatic rings. The number of benzene rings is 1. The zero-order valence-corrected chi connectivity index (χ0v) is 17.1. The SMILES string of the molecule is O=C(NCC1=CCCCC1)C1CCN(S(=O)(=O)Cc2ccccc2Cl)CC1. The Morgan fingerprint density at radius 3 is 2.59 bits per heavy atom. The number of piperidine rings is 1. The van der Waals surface area contributed by atoms with Gasteiger partial charge in [0.15, 0.2) is 0 Å². The van der Waals surface area contributed by atoms with E-state index in [1.54, 1.807) is 24.3 Å². The molecule has 1 aromatic carbocycles. The van der Waals surface area contributed by atoms with E-state index in [4.69, 9.17) is 11.6 Å². The number of sulfonamides is 1. The molecule has 0 saturated carbocycles. The number of amides is 1. The molecule has 1 aliphatic carbocycles. The number of nitrogens with zero attached hydrogens (tertiary/aromatic N) is 1. The third-order valence-electron chi connectivity index (χ3n) is 5.39. The summed E-state index contributed by atoms with van der Waals surface area (Å²) in [5.41, 5.74) is 1.93. The zero-order valence-electron chi connectivity index (χ0n) is 15.5. The van der Waals surface area contributed by atoms with Gasteiger partial charge in [0.05, 0.1) is 5.75 Å². The van der Waals surface area contributed by atoms with Crippen molar-refractivity contribution in [2.45, 2.75) is 44.3 Å². The number of rotatable bonds is 6. The molecule has 1 aliphatic heterocycles. The maximum Gasteiger partial charge on any atom is 0.223 e. The quantitative estimate of drug-likeness (QED) is 0.730. The summed E-state index contributed by atoms with van der Waals surface area (Å²) in [4.78, 5) is 12.4. The summed E-state index contributed by atoms with van der Waals surface area (Å²) in [6, 6.07) is 7.01. The van der Waals surface area contributed by atoms with E-state index in [2.05, 4.69) is 11.4 Å². The molecule has 0 bridgehead atoms. The lowest BCUT2D eigenvalue weighted by molar-refractivity contribution is -0.125. The van der Waals surface area contributed by atoms with Crippen LogP contribution in [0, 0.1) is 5.92 Å². The number of carbonyl (C=O) groups excluding carboxylic acids is 1. The van der Waals surface area contributed by atoms with Gasteiger partial charge in [-0.3, -0.25) is 4.79 Å². The summed E-state index contributed by atoms with van der Waals surface area (Å²) in [5.74, 6) is -0.164. The maximum atomic E-state index is 12.7. The molecular formula is C20H27ClN2O3S. The average molecular weight is 411 g/mol. The standard InChI is InChI=1S/C20H27ClN2O3S/c21-19-9-5-4-8-18(19)15-27(25,26)23-12-10-17(11-13-23)20(24)22-14-16-6-2-1-3-7-16/h4-6,8-9,17H,1-3,7,10-15H2,(H,22,24). The van der Waals surface area contributed by atoms with Crippen LogP contribution < -0.4 is 5.32 Å². The second-order valence-corrected chi connectivity index (χ2v) is 9.72. The Hall–Kier alpha value is -1.37. The molecule has 0 atom stereocenters. The first kappa shape index (κ1) is 20.4. The Morgan fingerprint density at radius 2 is 1.93 bits per heavy atom. The van der Waals surface area contributed by atoms with Crippen molar-refractivity contribution in [2.75, 3.05) is 19.6 Å². The van der Waals surface area contributed by atoms with Gasteiger partial charge in [0, 0.05) is 30.6 Å². The Morgan fingerprint density at radius 1 is 1.19 bits per heavy atom. The Labute approximate surface area is 166 Å². The number of allylic oxidation sites excluding steroid dienone is 1. The maximum absolute atomic E-state index is 12.7. The molecule has 1 N–H and O–H groups in total. The van der Waals surface area contributed by atoms with E-state index in [1.807, 2.05) is 0 Å². The van der Waals surface area contributed by atoms with Gasteiger partial charge < -0.3 is 5.32 Å². The first-order chi connectivity index (χ1) is 13.0. The first-order valence-electron chi connectivity index (χ1n) is 9.62. The van der Waals surface area contributed by atoms with Crippen LogP contribution >= 0.6 is 11.6 Å². The van der Waals surface area contributed by atoms with Gasteiger partial charge in [-0.2, -0.15) is 0 Å². The van der Waals surface area contributed by atoms with Gasteiger partial charge >= 0.3 is 0 Å². The van der Waals surface area contributed by atoms with Gasteiger partial charge in [-0.1, -0.05) is 41.4 Å². The number of hydrogen-bond donors (Lipinski definition) is 1. The molecule has 2 aliphatic rings. The van der Waals surface area contributed by atoms with Crippen LogP contribution in [0.2, 0.25) is 5.02 Å². The van der Waals surface area contributed by atoms with Crippen LogP contribution in [0.15, 0.2) is 35.9 Å². The summed E-state index contributed by atoms with van der Waals surface area (Å²) in [6.45, 7) is 1.39. The predicted molar refractivity (Wildman–Crippen MR) is 108 cm³/mol. The fourth-order valence-electron chi connectivity index (χ4n) is 3.71. The molecule has 0 spiro atoms. The van der Waals surface area contributed by atoms with Crippen molar-refractivity contribution in [2.24, 2.45) is 5.92 Å². The molecule has 0 radical (unpaired) electrons. The van der Waals surface area contributed by atoms with Crippen LogP contribution in [-0.2, 0) is 20.6 Å². The molecule has 1 heterocycles. The number of nitrogens with one attached hydrogen (secondary N) is 1. The predicted octanol–water partition coefficient (Wildman–Crippen LogP) is 3.50. The third kappa shape index (κ3) is 5.56.